The molecule has 1 aromatic heterocycles. The van der Waals surface area contributed by atoms with Gasteiger partial charge in [0.2, 0.25) is 11.6 Å². The van der Waals surface area contributed by atoms with Gasteiger partial charge in [0, 0.05) is 29.5 Å². The number of carbonyl (C=O) groups excluding carboxylic acids is 1. The van der Waals surface area contributed by atoms with E-state index in [9.17, 15) is 26.7 Å². The highest BCUT2D eigenvalue weighted by atomic mass is 19.2. The summed E-state index contributed by atoms with van der Waals surface area (Å²) in [5.74, 6) is -8.16. The Labute approximate surface area is 190 Å². The number of aromatic nitrogens is 2. The smallest absolute Gasteiger partial charge is 0.256 e. The molecule has 0 radical (unpaired) electrons. The molecule has 0 saturated heterocycles. The summed E-state index contributed by atoms with van der Waals surface area (Å²) < 4.78 is 74.0. The molecule has 1 amide bonds. The van der Waals surface area contributed by atoms with Crippen molar-refractivity contribution in [2.24, 2.45) is 0 Å². The Morgan fingerprint density at radius 3 is 2.24 bits per heavy atom. The van der Waals surface area contributed by atoms with Crippen molar-refractivity contribution in [3.8, 4) is 5.75 Å². The molecule has 4 rings (SSSR count). The van der Waals surface area contributed by atoms with Gasteiger partial charge in [-0.2, -0.15) is 13.9 Å². The number of ether oxygens (including phenoxy) is 1. The molecular weight excluding hydrogens is 457 g/mol. The minimum atomic E-state index is -1.63. The number of carbonyl (C=O) groups is 1. The van der Waals surface area contributed by atoms with Crippen LogP contribution in [0, 0.1) is 29.1 Å². The van der Waals surface area contributed by atoms with Gasteiger partial charge in [-0.25, -0.2) is 13.2 Å². The third kappa shape index (κ3) is 5.06. The van der Waals surface area contributed by atoms with Crippen LogP contribution in [0.3, 0.4) is 0 Å². The van der Waals surface area contributed by atoms with Gasteiger partial charge in [-0.1, -0.05) is 30.3 Å². The summed E-state index contributed by atoms with van der Waals surface area (Å²) in [6.07, 6.45) is 1.59. The molecule has 3 aromatic carbocycles. The van der Waals surface area contributed by atoms with E-state index < -0.39 is 34.9 Å². The van der Waals surface area contributed by atoms with E-state index in [-0.39, 0.29) is 36.4 Å². The summed E-state index contributed by atoms with van der Waals surface area (Å²) >= 11 is 0. The Morgan fingerprint density at radius 1 is 0.882 bits per heavy atom. The molecular formula is C24H16F5N3O2. The molecule has 34 heavy (non-hydrogen) atoms. The van der Waals surface area contributed by atoms with Crippen LogP contribution >= 0.6 is 0 Å². The number of benzene rings is 3. The number of hydrogen-bond acceptors (Lipinski definition) is 3. The zero-order chi connectivity index (χ0) is 24.2. The van der Waals surface area contributed by atoms with E-state index in [1.165, 1.54) is 35.0 Å². The fourth-order valence-electron chi connectivity index (χ4n) is 3.09. The Hall–Kier alpha value is -4.21. The van der Waals surface area contributed by atoms with Gasteiger partial charge < -0.3 is 10.1 Å². The Bertz CT molecular complexity index is 1310. The van der Waals surface area contributed by atoms with Crippen molar-refractivity contribution < 1.29 is 31.5 Å². The molecule has 0 aliphatic carbocycles. The van der Waals surface area contributed by atoms with Crippen molar-refractivity contribution >= 4 is 11.7 Å². The average molecular weight is 473 g/mol. The molecule has 0 atom stereocenters. The van der Waals surface area contributed by atoms with Gasteiger partial charge >= 0.3 is 0 Å². The molecule has 5 nitrogen and oxygen atoms in total. The quantitative estimate of drug-likeness (QED) is 0.287. The van der Waals surface area contributed by atoms with Crippen LogP contribution < -0.4 is 10.1 Å². The van der Waals surface area contributed by atoms with E-state index in [0.29, 0.717) is 11.1 Å². The van der Waals surface area contributed by atoms with Crippen LogP contribution in [-0.2, 0) is 13.2 Å². The lowest BCUT2D eigenvalue weighted by Crippen LogP contribution is -2.13. The highest BCUT2D eigenvalue weighted by molar-refractivity contribution is 6.03. The number of nitrogens with one attached hydrogen (secondary N) is 1. The van der Waals surface area contributed by atoms with Crippen LogP contribution in [-0.4, -0.2) is 15.7 Å². The predicted octanol–water partition coefficient (Wildman–Crippen LogP) is 5.46. The third-order valence-corrected chi connectivity index (χ3v) is 4.84. The maximum atomic E-state index is 13.8. The Morgan fingerprint density at radius 2 is 1.56 bits per heavy atom. The van der Waals surface area contributed by atoms with E-state index in [1.807, 2.05) is 0 Å². The van der Waals surface area contributed by atoms with Crippen molar-refractivity contribution in [1.29, 1.82) is 0 Å². The fourth-order valence-corrected chi connectivity index (χ4v) is 3.09. The number of rotatable bonds is 7. The second kappa shape index (κ2) is 9.74. The number of hydrogen-bond donors (Lipinski definition) is 1. The SMILES string of the molecule is O=C(Nc1ccn(Cc2ccccc2F)n1)c1ccc(COc2c(F)c(F)cc(F)c2F)cc1. The van der Waals surface area contributed by atoms with Gasteiger partial charge in [0.05, 0.1) is 6.54 Å². The standard InChI is InChI=1S/C24H16F5N3O2/c25-17-4-2-1-3-16(17)12-32-10-9-20(31-32)30-24(33)15-7-5-14(6-8-15)13-34-23-21(28)18(26)11-19(27)22(23)29/h1-11H,12-13H2,(H,30,31,33). The maximum absolute atomic E-state index is 13.8. The molecule has 0 bridgehead atoms. The van der Waals surface area contributed by atoms with E-state index in [1.54, 1.807) is 30.5 Å². The molecule has 1 heterocycles. The van der Waals surface area contributed by atoms with Crippen LogP contribution in [0.5, 0.6) is 5.75 Å². The van der Waals surface area contributed by atoms with Crippen molar-refractivity contribution in [2.75, 3.05) is 5.32 Å². The highest BCUT2D eigenvalue weighted by Crippen LogP contribution is 2.27. The monoisotopic (exact) mass is 473 g/mol. The van der Waals surface area contributed by atoms with Gasteiger partial charge in [0.25, 0.3) is 5.91 Å². The zero-order valence-electron chi connectivity index (χ0n) is 17.4. The summed E-state index contributed by atoms with van der Waals surface area (Å²) in [6, 6.07) is 13.7. The summed E-state index contributed by atoms with van der Waals surface area (Å²) in [6.45, 7) is -0.202. The van der Waals surface area contributed by atoms with Gasteiger partial charge in [-0.3, -0.25) is 9.48 Å². The molecule has 0 saturated carbocycles. The first-order chi connectivity index (χ1) is 16.3. The van der Waals surface area contributed by atoms with Crippen molar-refractivity contribution in [2.45, 2.75) is 13.2 Å². The Kier molecular flexibility index (Phi) is 6.58. The molecule has 0 unspecified atom stereocenters. The molecule has 0 aliphatic rings. The highest BCUT2D eigenvalue weighted by Gasteiger charge is 2.20. The minimum Gasteiger partial charge on any atom is -0.483 e. The van der Waals surface area contributed by atoms with Crippen LogP contribution in [0.25, 0.3) is 0 Å². The first-order valence-electron chi connectivity index (χ1n) is 9.95. The van der Waals surface area contributed by atoms with E-state index in [0.717, 1.165) is 0 Å². The van der Waals surface area contributed by atoms with Crippen LogP contribution in [0.15, 0.2) is 66.9 Å². The first kappa shape index (κ1) is 23.0. The van der Waals surface area contributed by atoms with Gasteiger partial charge in [-0.05, 0) is 23.8 Å². The minimum absolute atomic E-state index is 0.0912. The predicted molar refractivity (Wildman–Crippen MR) is 113 cm³/mol. The summed E-state index contributed by atoms with van der Waals surface area (Å²) in [7, 11) is 0. The van der Waals surface area contributed by atoms with E-state index >= 15 is 0 Å². The second-order valence-electron chi connectivity index (χ2n) is 7.23. The second-order valence-corrected chi connectivity index (χ2v) is 7.23. The lowest BCUT2D eigenvalue weighted by atomic mass is 10.1. The molecule has 10 heteroatoms. The molecule has 4 aromatic rings. The van der Waals surface area contributed by atoms with Crippen LogP contribution in [0.4, 0.5) is 27.8 Å². The van der Waals surface area contributed by atoms with Crippen molar-refractivity contribution in [3.63, 3.8) is 0 Å². The van der Waals surface area contributed by atoms with Gasteiger partial charge in [0.1, 0.15) is 12.4 Å². The lowest BCUT2D eigenvalue weighted by Gasteiger charge is -2.10. The Balaban J connectivity index is 1.37. The summed E-state index contributed by atoms with van der Waals surface area (Å²) in [5, 5.41) is 6.79. The topological polar surface area (TPSA) is 56.2 Å². The van der Waals surface area contributed by atoms with Crippen molar-refractivity contribution in [3.05, 3.63) is 113 Å². The number of nitrogens with zero attached hydrogens (tertiary/aromatic N) is 2. The summed E-state index contributed by atoms with van der Waals surface area (Å²) in [5.41, 5.74) is 1.10. The zero-order valence-corrected chi connectivity index (χ0v) is 17.4. The van der Waals surface area contributed by atoms with Crippen LogP contribution in [0.2, 0.25) is 0 Å². The largest absolute Gasteiger partial charge is 0.483 e. The maximum Gasteiger partial charge on any atom is 0.256 e. The molecule has 0 spiro atoms. The average Bonchev–Trinajstić information content (AvgIpc) is 3.26. The van der Waals surface area contributed by atoms with Crippen LogP contribution in [0.1, 0.15) is 21.5 Å². The van der Waals surface area contributed by atoms with E-state index in [4.69, 9.17) is 4.74 Å². The molecule has 174 valence electrons. The first-order valence-corrected chi connectivity index (χ1v) is 9.95. The normalized spacial score (nSPS) is 10.9. The van der Waals surface area contributed by atoms with E-state index in [2.05, 4.69) is 10.4 Å². The lowest BCUT2D eigenvalue weighted by molar-refractivity contribution is 0.102. The molecule has 1 N–H and O–H groups in total. The van der Waals surface area contributed by atoms with Crippen molar-refractivity contribution in [1.82, 2.24) is 9.78 Å². The molecule has 0 fully saturated rings. The summed E-state index contributed by atoms with van der Waals surface area (Å²) in [4.78, 5) is 12.5. The molecule has 0 aliphatic heterocycles. The third-order valence-electron chi connectivity index (χ3n) is 4.84. The fraction of sp³-hybridized carbons (Fsp3) is 0.0833. The number of anilines is 1. The van der Waals surface area contributed by atoms with Gasteiger partial charge in [0.15, 0.2) is 23.2 Å². The van der Waals surface area contributed by atoms with Gasteiger partial charge in [-0.15, -0.1) is 0 Å². The number of amides is 1. The number of halogens is 5.